The largest absolute Gasteiger partial charge is 0.294 e. The normalized spacial score (nSPS) is 26.2. The van der Waals surface area contributed by atoms with Crippen LogP contribution in [-0.4, -0.2) is 11.5 Å². The van der Waals surface area contributed by atoms with Crippen LogP contribution in [-0.2, 0) is 4.79 Å². The van der Waals surface area contributed by atoms with Crippen LogP contribution in [0.3, 0.4) is 0 Å². The summed E-state index contributed by atoms with van der Waals surface area (Å²) in [5.41, 5.74) is 2.83. The van der Waals surface area contributed by atoms with Gasteiger partial charge in [-0.05, 0) is 25.5 Å². The summed E-state index contributed by atoms with van der Waals surface area (Å²) in [6.07, 6.45) is 7.46. The van der Waals surface area contributed by atoms with Gasteiger partial charge >= 0.3 is 0 Å². The third-order valence-corrected chi connectivity index (χ3v) is 2.21. The molecule has 2 heteroatoms. The van der Waals surface area contributed by atoms with E-state index in [-0.39, 0.29) is 11.7 Å². The van der Waals surface area contributed by atoms with Crippen LogP contribution in [0.4, 0.5) is 0 Å². The summed E-state index contributed by atoms with van der Waals surface area (Å²) in [6.45, 7) is 3.86. The van der Waals surface area contributed by atoms with Gasteiger partial charge in [0, 0.05) is 11.8 Å². The van der Waals surface area contributed by atoms with Crippen molar-refractivity contribution >= 4 is 11.5 Å². The summed E-state index contributed by atoms with van der Waals surface area (Å²) in [4.78, 5) is 15.8. The molecule has 0 saturated carbocycles. The molecule has 0 amide bonds. The highest BCUT2D eigenvalue weighted by molar-refractivity contribution is 6.18. The highest BCUT2D eigenvalue weighted by atomic mass is 16.1. The molecule has 1 heterocycles. The first-order valence-electron chi connectivity index (χ1n) is 4.34. The molecule has 0 bridgehead atoms. The molecule has 13 heavy (non-hydrogen) atoms. The predicted molar refractivity (Wildman–Crippen MR) is 52.6 cm³/mol. The number of hydrogen-bond acceptors (Lipinski definition) is 2. The summed E-state index contributed by atoms with van der Waals surface area (Å²) in [5.74, 6) is 0.00917. The molecule has 0 N–H and O–H groups in total. The van der Waals surface area contributed by atoms with Gasteiger partial charge in [-0.1, -0.05) is 12.2 Å². The van der Waals surface area contributed by atoms with Crippen LogP contribution >= 0.6 is 0 Å². The number of allylic oxidation sites excluding steroid dienone is 6. The van der Waals surface area contributed by atoms with Crippen LogP contribution in [0.2, 0.25) is 0 Å². The SMILES string of the molecule is CC1=CC2=NC(C)=CC(=O)C2C=C1. The first kappa shape index (κ1) is 8.17. The Morgan fingerprint density at radius 1 is 1.31 bits per heavy atom. The average molecular weight is 173 g/mol. The topological polar surface area (TPSA) is 29.4 Å². The fourth-order valence-corrected chi connectivity index (χ4v) is 1.59. The number of rotatable bonds is 0. The van der Waals surface area contributed by atoms with Crippen molar-refractivity contribution in [3.05, 3.63) is 35.6 Å². The minimum Gasteiger partial charge on any atom is -0.294 e. The Hall–Kier alpha value is -1.44. The maximum Gasteiger partial charge on any atom is 0.170 e. The van der Waals surface area contributed by atoms with E-state index in [1.807, 2.05) is 32.1 Å². The number of fused-ring (bicyclic) bond motifs is 1. The zero-order valence-electron chi connectivity index (χ0n) is 7.74. The number of hydrogen-bond donors (Lipinski definition) is 0. The number of ketones is 1. The Labute approximate surface area is 77.4 Å². The third-order valence-electron chi connectivity index (χ3n) is 2.21. The molecule has 66 valence electrons. The van der Waals surface area contributed by atoms with Crippen LogP contribution in [0, 0.1) is 5.92 Å². The Kier molecular flexibility index (Phi) is 1.76. The molecule has 0 aromatic carbocycles. The first-order chi connectivity index (χ1) is 6.16. The zero-order valence-corrected chi connectivity index (χ0v) is 7.74. The van der Waals surface area contributed by atoms with Gasteiger partial charge in [0.2, 0.25) is 0 Å². The van der Waals surface area contributed by atoms with E-state index in [0.29, 0.717) is 0 Å². The van der Waals surface area contributed by atoms with E-state index < -0.39 is 0 Å². The monoisotopic (exact) mass is 173 g/mol. The minimum absolute atomic E-state index is 0.132. The zero-order chi connectivity index (χ0) is 9.42. The second-order valence-electron chi connectivity index (χ2n) is 3.45. The van der Waals surface area contributed by atoms with Gasteiger partial charge in [-0.3, -0.25) is 9.79 Å². The van der Waals surface area contributed by atoms with Crippen molar-refractivity contribution in [2.24, 2.45) is 10.9 Å². The van der Waals surface area contributed by atoms with Crippen LogP contribution in [0.15, 0.2) is 40.6 Å². The highest BCUT2D eigenvalue weighted by Gasteiger charge is 2.24. The van der Waals surface area contributed by atoms with Crippen molar-refractivity contribution in [1.29, 1.82) is 0 Å². The molecule has 0 radical (unpaired) electrons. The van der Waals surface area contributed by atoms with Crippen LogP contribution in [0.1, 0.15) is 13.8 Å². The molecule has 1 atom stereocenters. The number of carbonyl (C=O) groups is 1. The number of aliphatic imine (C=N–C) groups is 1. The molecule has 0 aromatic rings. The van der Waals surface area contributed by atoms with Gasteiger partial charge in [0.05, 0.1) is 11.6 Å². The second-order valence-corrected chi connectivity index (χ2v) is 3.45. The molecule has 0 fully saturated rings. The van der Waals surface area contributed by atoms with Crippen molar-refractivity contribution in [1.82, 2.24) is 0 Å². The molecular weight excluding hydrogens is 162 g/mol. The first-order valence-corrected chi connectivity index (χ1v) is 4.34. The van der Waals surface area contributed by atoms with Gasteiger partial charge in [0.25, 0.3) is 0 Å². The van der Waals surface area contributed by atoms with Gasteiger partial charge < -0.3 is 0 Å². The predicted octanol–water partition coefficient (Wildman–Crippen LogP) is 2.05. The lowest BCUT2D eigenvalue weighted by Gasteiger charge is -2.18. The summed E-state index contributed by atoms with van der Waals surface area (Å²) in [7, 11) is 0. The average Bonchev–Trinajstić information content (AvgIpc) is 2.02. The number of nitrogens with zero attached hydrogens (tertiary/aromatic N) is 1. The molecule has 0 saturated heterocycles. The van der Waals surface area contributed by atoms with E-state index in [4.69, 9.17) is 0 Å². The summed E-state index contributed by atoms with van der Waals surface area (Å²) in [6, 6.07) is 0. The van der Waals surface area contributed by atoms with Crippen LogP contribution in [0.5, 0.6) is 0 Å². The molecular formula is C11H11NO. The molecule has 2 rings (SSSR count). The van der Waals surface area contributed by atoms with E-state index in [0.717, 1.165) is 17.0 Å². The van der Waals surface area contributed by atoms with Gasteiger partial charge in [-0.25, -0.2) is 0 Å². The highest BCUT2D eigenvalue weighted by Crippen LogP contribution is 2.21. The summed E-state index contributed by atoms with van der Waals surface area (Å²) < 4.78 is 0. The van der Waals surface area contributed by atoms with Crippen molar-refractivity contribution < 1.29 is 4.79 Å². The Morgan fingerprint density at radius 2 is 2.08 bits per heavy atom. The molecule has 0 aromatic heterocycles. The van der Waals surface area contributed by atoms with E-state index in [9.17, 15) is 4.79 Å². The van der Waals surface area contributed by atoms with Gasteiger partial charge in [0.15, 0.2) is 5.78 Å². The summed E-state index contributed by atoms with van der Waals surface area (Å²) >= 11 is 0. The van der Waals surface area contributed by atoms with Gasteiger partial charge in [0.1, 0.15) is 0 Å². The maximum atomic E-state index is 11.5. The van der Waals surface area contributed by atoms with Gasteiger partial charge in [-0.2, -0.15) is 0 Å². The molecule has 0 spiro atoms. The van der Waals surface area contributed by atoms with Crippen molar-refractivity contribution in [2.75, 3.05) is 0 Å². The van der Waals surface area contributed by atoms with E-state index in [1.54, 1.807) is 6.08 Å². The Morgan fingerprint density at radius 3 is 2.85 bits per heavy atom. The Bertz CT molecular complexity index is 383. The quantitative estimate of drug-likeness (QED) is 0.551. The van der Waals surface area contributed by atoms with Crippen LogP contribution < -0.4 is 0 Å². The lowest BCUT2D eigenvalue weighted by Crippen LogP contribution is -2.24. The molecule has 1 unspecified atom stereocenters. The van der Waals surface area contributed by atoms with E-state index in [2.05, 4.69) is 4.99 Å². The smallest absolute Gasteiger partial charge is 0.170 e. The lowest BCUT2D eigenvalue weighted by molar-refractivity contribution is -0.115. The van der Waals surface area contributed by atoms with Crippen LogP contribution in [0.25, 0.3) is 0 Å². The molecule has 1 aliphatic heterocycles. The molecule has 1 aliphatic carbocycles. The minimum atomic E-state index is -0.132. The third kappa shape index (κ3) is 1.39. The molecule has 2 aliphatic rings. The van der Waals surface area contributed by atoms with Crippen molar-refractivity contribution in [3.63, 3.8) is 0 Å². The maximum absolute atomic E-state index is 11.5. The van der Waals surface area contributed by atoms with E-state index >= 15 is 0 Å². The van der Waals surface area contributed by atoms with Gasteiger partial charge in [-0.15, -0.1) is 0 Å². The second kappa shape index (κ2) is 2.80. The lowest BCUT2D eigenvalue weighted by atomic mass is 9.89. The fraction of sp³-hybridized carbons (Fsp3) is 0.273. The molecule has 2 nitrogen and oxygen atoms in total. The number of carbonyl (C=O) groups excluding carboxylic acids is 1. The summed E-state index contributed by atoms with van der Waals surface area (Å²) in [5, 5.41) is 0. The fourth-order valence-electron chi connectivity index (χ4n) is 1.59. The van der Waals surface area contributed by atoms with Crippen molar-refractivity contribution in [3.8, 4) is 0 Å². The Balaban J connectivity index is 2.46. The standard InChI is InChI=1S/C11H11NO/c1-7-3-4-9-10(5-7)12-8(2)6-11(9)13/h3-6,9H,1-2H3. The van der Waals surface area contributed by atoms with E-state index in [1.165, 1.54) is 0 Å². The van der Waals surface area contributed by atoms with Crippen molar-refractivity contribution in [2.45, 2.75) is 13.8 Å².